The van der Waals surface area contributed by atoms with Crippen LogP contribution in [0.4, 0.5) is 0 Å². The highest BCUT2D eigenvalue weighted by Gasteiger charge is 2.37. The molecule has 1 saturated heterocycles. The van der Waals surface area contributed by atoms with Gasteiger partial charge in [0.25, 0.3) is 0 Å². The molecule has 2 atom stereocenters. The van der Waals surface area contributed by atoms with Crippen molar-refractivity contribution in [2.75, 3.05) is 26.2 Å². The molecule has 1 aromatic carbocycles. The zero-order valence-electron chi connectivity index (χ0n) is 18.0. The summed E-state index contributed by atoms with van der Waals surface area (Å²) in [6, 6.07) is 6.74. The predicted molar refractivity (Wildman–Crippen MR) is 116 cm³/mol. The van der Waals surface area contributed by atoms with Crippen LogP contribution in [-0.2, 0) is 29.0 Å². The average Bonchev–Trinajstić information content (AvgIpc) is 2.74. The maximum absolute atomic E-state index is 12.3. The van der Waals surface area contributed by atoms with Crippen molar-refractivity contribution >= 4 is 5.91 Å². The fourth-order valence-corrected chi connectivity index (χ4v) is 4.37. The highest BCUT2D eigenvalue weighted by molar-refractivity contribution is 5.81. The molecular formula is C22H34N6O2. The first-order chi connectivity index (χ1) is 14.6. The van der Waals surface area contributed by atoms with Crippen LogP contribution in [0.1, 0.15) is 43.4 Å². The van der Waals surface area contributed by atoms with E-state index in [4.69, 9.17) is 10.5 Å². The quantitative estimate of drug-likeness (QED) is 0.489. The van der Waals surface area contributed by atoms with Gasteiger partial charge in [0.15, 0.2) is 6.35 Å². The van der Waals surface area contributed by atoms with Crippen molar-refractivity contribution in [1.29, 1.82) is 0 Å². The second kappa shape index (κ2) is 9.34. The number of amides is 1. The topological polar surface area (TPSA) is 94.9 Å². The van der Waals surface area contributed by atoms with Crippen molar-refractivity contribution in [3.63, 3.8) is 0 Å². The highest BCUT2D eigenvalue weighted by Crippen LogP contribution is 2.23. The molecule has 0 radical (unpaired) electrons. The van der Waals surface area contributed by atoms with E-state index in [9.17, 15) is 4.79 Å². The molecule has 30 heavy (non-hydrogen) atoms. The van der Waals surface area contributed by atoms with Gasteiger partial charge >= 0.3 is 0 Å². The standard InChI is InChI=1S/C22H34N6O2/c1-3-5-10-30-22-25-20(23)19-21(26-22)28(14-18(29)24-19)12-15-6-7-17-13-27(4-2)9-8-16(17)11-15/h6-7,11,21-22,25-26H,3-5,8-10,12-14,23H2,1-2H3,(H,24,29)/t21-,22?/m1/s1. The van der Waals surface area contributed by atoms with Gasteiger partial charge in [0, 0.05) is 19.6 Å². The van der Waals surface area contributed by atoms with Gasteiger partial charge in [-0.05, 0) is 36.1 Å². The van der Waals surface area contributed by atoms with Gasteiger partial charge in [0.05, 0.1) is 18.8 Å². The Labute approximate surface area is 178 Å². The van der Waals surface area contributed by atoms with Gasteiger partial charge < -0.3 is 21.1 Å². The van der Waals surface area contributed by atoms with Crippen LogP contribution in [0.25, 0.3) is 0 Å². The zero-order chi connectivity index (χ0) is 21.1. The SMILES string of the molecule is CCCCOC1NC(N)=C2NC(=O)CN(Cc3ccc4c(c3)CCN(CC)C4)[C@H]2N1. The lowest BCUT2D eigenvalue weighted by molar-refractivity contribution is -0.126. The zero-order valence-corrected chi connectivity index (χ0v) is 18.0. The minimum absolute atomic E-state index is 0.0466. The Hall–Kier alpha value is -2.13. The number of ether oxygens (including phenoxy) is 1. The van der Waals surface area contributed by atoms with E-state index in [-0.39, 0.29) is 18.4 Å². The molecule has 0 saturated carbocycles. The van der Waals surface area contributed by atoms with E-state index in [2.05, 4.69) is 57.8 Å². The molecule has 1 amide bonds. The summed E-state index contributed by atoms with van der Waals surface area (Å²) in [5, 5.41) is 9.47. The highest BCUT2D eigenvalue weighted by atomic mass is 16.5. The van der Waals surface area contributed by atoms with Crippen LogP contribution in [0, 0.1) is 0 Å². The molecule has 1 aromatic rings. The van der Waals surface area contributed by atoms with Crippen molar-refractivity contribution in [3.05, 3.63) is 46.4 Å². The molecule has 8 nitrogen and oxygen atoms in total. The molecular weight excluding hydrogens is 380 g/mol. The van der Waals surface area contributed by atoms with Crippen molar-refractivity contribution in [2.45, 2.75) is 58.7 Å². The van der Waals surface area contributed by atoms with E-state index in [0.29, 0.717) is 31.2 Å². The fourth-order valence-electron chi connectivity index (χ4n) is 4.37. The van der Waals surface area contributed by atoms with Crippen molar-refractivity contribution < 1.29 is 9.53 Å². The Morgan fingerprint density at radius 3 is 2.90 bits per heavy atom. The lowest BCUT2D eigenvalue weighted by Crippen LogP contribution is -2.67. The molecule has 8 heteroatoms. The monoisotopic (exact) mass is 414 g/mol. The molecule has 3 heterocycles. The first kappa shape index (κ1) is 21.1. The number of hydrogen-bond acceptors (Lipinski definition) is 7. The van der Waals surface area contributed by atoms with Gasteiger partial charge in [-0.2, -0.15) is 0 Å². The number of nitrogens with two attached hydrogens (primary N) is 1. The van der Waals surface area contributed by atoms with E-state index in [1.807, 2.05) is 0 Å². The van der Waals surface area contributed by atoms with Gasteiger partial charge in [0.1, 0.15) is 12.0 Å². The summed E-state index contributed by atoms with van der Waals surface area (Å²) < 4.78 is 5.88. The average molecular weight is 415 g/mol. The summed E-state index contributed by atoms with van der Waals surface area (Å²) in [6.45, 7) is 9.21. The summed E-state index contributed by atoms with van der Waals surface area (Å²) in [6.07, 6.45) is 2.58. The van der Waals surface area contributed by atoms with Crippen molar-refractivity contribution in [3.8, 4) is 0 Å². The largest absolute Gasteiger partial charge is 0.384 e. The van der Waals surface area contributed by atoms with E-state index in [0.717, 1.165) is 38.9 Å². The number of nitrogens with zero attached hydrogens (tertiary/aromatic N) is 2. The lowest BCUT2D eigenvalue weighted by atomic mass is 9.97. The number of carbonyl (C=O) groups is 1. The number of hydrogen-bond donors (Lipinski definition) is 4. The summed E-state index contributed by atoms with van der Waals surface area (Å²) in [5.41, 5.74) is 11.0. The second-order valence-corrected chi connectivity index (χ2v) is 8.32. The number of rotatable bonds is 7. The molecule has 0 aliphatic carbocycles. The molecule has 164 valence electrons. The Morgan fingerprint density at radius 2 is 2.10 bits per heavy atom. The normalized spacial score (nSPS) is 24.8. The Kier molecular flexibility index (Phi) is 6.58. The number of unbranched alkanes of at least 4 members (excludes halogenated alkanes) is 1. The van der Waals surface area contributed by atoms with Crippen LogP contribution in [0.3, 0.4) is 0 Å². The molecule has 0 aromatic heterocycles. The van der Waals surface area contributed by atoms with Crippen LogP contribution >= 0.6 is 0 Å². The minimum Gasteiger partial charge on any atom is -0.384 e. The molecule has 5 N–H and O–H groups in total. The van der Waals surface area contributed by atoms with Gasteiger partial charge in [-0.3, -0.25) is 19.9 Å². The summed E-state index contributed by atoms with van der Waals surface area (Å²) >= 11 is 0. The number of carbonyl (C=O) groups excluding carboxylic acids is 1. The van der Waals surface area contributed by atoms with Crippen LogP contribution < -0.4 is 21.7 Å². The number of fused-ring (bicyclic) bond motifs is 2. The minimum atomic E-state index is -0.369. The summed E-state index contributed by atoms with van der Waals surface area (Å²) in [7, 11) is 0. The fraction of sp³-hybridized carbons (Fsp3) is 0.591. The number of nitrogens with one attached hydrogen (secondary N) is 3. The lowest BCUT2D eigenvalue weighted by Gasteiger charge is -2.43. The van der Waals surface area contributed by atoms with E-state index in [1.165, 1.54) is 16.7 Å². The molecule has 1 unspecified atom stereocenters. The number of piperazine rings is 1. The summed E-state index contributed by atoms with van der Waals surface area (Å²) in [4.78, 5) is 16.9. The van der Waals surface area contributed by atoms with Crippen LogP contribution in [0.15, 0.2) is 29.7 Å². The van der Waals surface area contributed by atoms with Crippen LogP contribution in [-0.4, -0.2) is 54.5 Å². The number of likely N-dealkylation sites (N-methyl/N-ethyl adjacent to an activating group) is 1. The third-order valence-electron chi connectivity index (χ3n) is 6.12. The Morgan fingerprint density at radius 1 is 1.23 bits per heavy atom. The smallest absolute Gasteiger partial charge is 0.238 e. The first-order valence-corrected chi connectivity index (χ1v) is 11.1. The molecule has 3 aliphatic heterocycles. The van der Waals surface area contributed by atoms with Gasteiger partial charge in [-0.1, -0.05) is 38.5 Å². The molecule has 3 aliphatic rings. The van der Waals surface area contributed by atoms with Crippen molar-refractivity contribution in [2.24, 2.45) is 5.73 Å². The Bertz CT molecular complexity index is 811. The van der Waals surface area contributed by atoms with E-state index < -0.39 is 0 Å². The maximum atomic E-state index is 12.3. The molecule has 1 fully saturated rings. The third-order valence-corrected chi connectivity index (χ3v) is 6.12. The van der Waals surface area contributed by atoms with Gasteiger partial charge in [-0.15, -0.1) is 0 Å². The van der Waals surface area contributed by atoms with Crippen LogP contribution in [0.2, 0.25) is 0 Å². The third kappa shape index (κ3) is 4.62. The second-order valence-electron chi connectivity index (χ2n) is 8.32. The van der Waals surface area contributed by atoms with Gasteiger partial charge in [-0.25, -0.2) is 0 Å². The van der Waals surface area contributed by atoms with Gasteiger partial charge in [0.2, 0.25) is 5.91 Å². The first-order valence-electron chi connectivity index (χ1n) is 11.1. The summed E-state index contributed by atoms with van der Waals surface area (Å²) in [5.74, 6) is 0.415. The molecule has 0 spiro atoms. The van der Waals surface area contributed by atoms with E-state index in [1.54, 1.807) is 0 Å². The van der Waals surface area contributed by atoms with E-state index >= 15 is 0 Å². The molecule has 4 rings (SSSR count). The van der Waals surface area contributed by atoms with Crippen molar-refractivity contribution in [1.82, 2.24) is 25.8 Å². The van der Waals surface area contributed by atoms with Crippen LogP contribution in [0.5, 0.6) is 0 Å². The number of benzene rings is 1. The molecule has 0 bridgehead atoms. The predicted octanol–water partition coefficient (Wildman–Crippen LogP) is 0.743. The maximum Gasteiger partial charge on any atom is 0.238 e. The Balaban J connectivity index is 1.49.